The summed E-state index contributed by atoms with van der Waals surface area (Å²) in [5, 5.41) is 3.49. The zero-order valence-electron chi connectivity index (χ0n) is 12.7. The molecule has 118 valence electrons. The van der Waals surface area contributed by atoms with E-state index in [2.05, 4.69) is 17.1 Å². The summed E-state index contributed by atoms with van der Waals surface area (Å²) < 4.78 is 0. The third-order valence-corrected chi connectivity index (χ3v) is 4.04. The van der Waals surface area contributed by atoms with Crippen LogP contribution in [0.4, 0.5) is 11.4 Å². The number of hydrogen-bond acceptors (Lipinski definition) is 3. The average Bonchev–Trinajstić information content (AvgIpc) is 2.43. The highest BCUT2D eigenvalue weighted by molar-refractivity contribution is 6.40. The molecule has 0 aliphatic heterocycles. The van der Waals surface area contributed by atoms with Crippen LogP contribution >= 0.6 is 23.2 Å². The molecule has 0 saturated heterocycles. The van der Waals surface area contributed by atoms with E-state index < -0.39 is 0 Å². The minimum atomic E-state index is -0.244. The summed E-state index contributed by atoms with van der Waals surface area (Å²) in [7, 11) is 0. The van der Waals surface area contributed by atoms with Gasteiger partial charge in [0.2, 0.25) is 5.91 Å². The molecule has 0 saturated carbocycles. The molecular weight excluding hydrogens is 309 g/mol. The molecule has 1 aromatic carbocycles. The number of rotatable bonds is 7. The topological polar surface area (TPSA) is 58.4 Å². The number of nitrogen functional groups attached to an aromatic ring is 1. The summed E-state index contributed by atoms with van der Waals surface area (Å²) in [5.74, 6) is -0.124. The molecule has 0 aliphatic rings. The van der Waals surface area contributed by atoms with E-state index >= 15 is 0 Å². The fourth-order valence-electron chi connectivity index (χ4n) is 2.09. The maximum atomic E-state index is 12.4. The summed E-state index contributed by atoms with van der Waals surface area (Å²) in [6.45, 7) is 7.77. The van der Waals surface area contributed by atoms with Crippen molar-refractivity contribution in [1.29, 1.82) is 0 Å². The van der Waals surface area contributed by atoms with Gasteiger partial charge in [0.15, 0.2) is 0 Å². The number of halogens is 2. The Morgan fingerprint density at radius 1 is 1.33 bits per heavy atom. The first-order valence-electron chi connectivity index (χ1n) is 7.20. The zero-order valence-corrected chi connectivity index (χ0v) is 14.3. The quantitative estimate of drug-likeness (QED) is 0.741. The van der Waals surface area contributed by atoms with E-state index in [-0.39, 0.29) is 11.9 Å². The number of nitrogens with two attached hydrogens (primary N) is 1. The van der Waals surface area contributed by atoms with Crippen molar-refractivity contribution in [3.05, 3.63) is 22.2 Å². The maximum absolute atomic E-state index is 12.4. The molecule has 0 aliphatic carbocycles. The van der Waals surface area contributed by atoms with Gasteiger partial charge in [0, 0.05) is 5.69 Å². The minimum Gasteiger partial charge on any atom is -0.399 e. The van der Waals surface area contributed by atoms with Gasteiger partial charge in [0.25, 0.3) is 0 Å². The van der Waals surface area contributed by atoms with E-state index in [1.165, 1.54) is 0 Å². The third-order valence-electron chi connectivity index (χ3n) is 3.44. The van der Waals surface area contributed by atoms with Crippen LogP contribution < -0.4 is 11.1 Å². The van der Waals surface area contributed by atoms with Crippen LogP contribution in [0.5, 0.6) is 0 Å². The molecule has 0 heterocycles. The predicted octanol–water partition coefficient (Wildman–Crippen LogP) is 4.02. The lowest BCUT2D eigenvalue weighted by atomic mass is 10.2. The van der Waals surface area contributed by atoms with Crippen molar-refractivity contribution >= 4 is 40.5 Å². The molecule has 3 N–H and O–H groups in total. The Bertz CT molecular complexity index is 471. The van der Waals surface area contributed by atoms with Crippen LogP contribution in [-0.2, 0) is 4.79 Å². The number of carbonyl (C=O) groups is 1. The van der Waals surface area contributed by atoms with Gasteiger partial charge < -0.3 is 11.1 Å². The molecule has 0 spiro atoms. The fourth-order valence-corrected chi connectivity index (χ4v) is 2.69. The largest absolute Gasteiger partial charge is 0.399 e. The molecule has 0 fully saturated rings. The Labute approximate surface area is 136 Å². The van der Waals surface area contributed by atoms with Gasteiger partial charge in [-0.05, 0) is 38.6 Å². The van der Waals surface area contributed by atoms with E-state index in [0.717, 1.165) is 25.9 Å². The number of carbonyl (C=O) groups excluding carboxylic acids is 1. The van der Waals surface area contributed by atoms with Crippen molar-refractivity contribution in [1.82, 2.24) is 4.90 Å². The van der Waals surface area contributed by atoms with Crippen molar-refractivity contribution in [3.63, 3.8) is 0 Å². The molecule has 1 rings (SSSR count). The number of unbranched alkanes of at least 4 members (excludes halogenated alkanes) is 1. The van der Waals surface area contributed by atoms with Crippen LogP contribution in [0.3, 0.4) is 0 Å². The lowest BCUT2D eigenvalue weighted by Gasteiger charge is -2.27. The number of amides is 1. The monoisotopic (exact) mass is 331 g/mol. The smallest absolute Gasteiger partial charge is 0.241 e. The molecule has 4 nitrogen and oxygen atoms in total. The second-order valence-corrected chi connectivity index (χ2v) is 5.82. The fraction of sp³-hybridized carbons (Fsp3) is 0.533. The number of benzene rings is 1. The van der Waals surface area contributed by atoms with Gasteiger partial charge in [-0.25, -0.2) is 0 Å². The van der Waals surface area contributed by atoms with Gasteiger partial charge in [0.1, 0.15) is 0 Å². The normalized spacial score (nSPS) is 12.5. The SMILES string of the molecule is CCCCN(CC)C(C)C(=O)Nc1c(Cl)cc(N)cc1Cl. The van der Waals surface area contributed by atoms with Gasteiger partial charge >= 0.3 is 0 Å². The summed E-state index contributed by atoms with van der Waals surface area (Å²) in [4.78, 5) is 14.5. The summed E-state index contributed by atoms with van der Waals surface area (Å²) in [6, 6.07) is 2.90. The lowest BCUT2D eigenvalue weighted by molar-refractivity contribution is -0.120. The van der Waals surface area contributed by atoms with Crippen LogP contribution in [0.15, 0.2) is 12.1 Å². The standard InChI is InChI=1S/C15H23Cl2N3O/c1-4-6-7-20(5-2)10(3)15(21)19-14-12(16)8-11(18)9-13(14)17/h8-10H,4-7,18H2,1-3H3,(H,19,21). The molecule has 21 heavy (non-hydrogen) atoms. The van der Waals surface area contributed by atoms with Crippen LogP contribution in [0.25, 0.3) is 0 Å². The molecule has 0 radical (unpaired) electrons. The second kappa shape index (κ2) is 8.47. The number of nitrogens with zero attached hydrogens (tertiary/aromatic N) is 1. The Morgan fingerprint density at radius 3 is 2.38 bits per heavy atom. The van der Waals surface area contributed by atoms with Crippen molar-refractivity contribution in [3.8, 4) is 0 Å². The lowest BCUT2D eigenvalue weighted by Crippen LogP contribution is -2.42. The summed E-state index contributed by atoms with van der Waals surface area (Å²) in [5.41, 5.74) is 6.53. The van der Waals surface area contributed by atoms with Crippen LogP contribution in [0.2, 0.25) is 10.0 Å². The highest BCUT2D eigenvalue weighted by Gasteiger charge is 2.21. The zero-order chi connectivity index (χ0) is 16.0. The van der Waals surface area contributed by atoms with Gasteiger partial charge in [-0.3, -0.25) is 9.69 Å². The molecule has 1 amide bonds. The summed E-state index contributed by atoms with van der Waals surface area (Å²) >= 11 is 12.2. The van der Waals surface area contributed by atoms with E-state index in [9.17, 15) is 4.79 Å². The van der Waals surface area contributed by atoms with Crippen molar-refractivity contribution in [2.24, 2.45) is 0 Å². The van der Waals surface area contributed by atoms with Crippen molar-refractivity contribution < 1.29 is 4.79 Å². The molecule has 0 aromatic heterocycles. The van der Waals surface area contributed by atoms with Crippen molar-refractivity contribution in [2.45, 2.75) is 39.7 Å². The molecule has 6 heteroatoms. The number of hydrogen-bond donors (Lipinski definition) is 2. The molecular formula is C15H23Cl2N3O. The first kappa shape index (κ1) is 18.1. The van der Waals surface area contributed by atoms with E-state index in [0.29, 0.717) is 21.4 Å². The highest BCUT2D eigenvalue weighted by Crippen LogP contribution is 2.33. The highest BCUT2D eigenvalue weighted by atomic mass is 35.5. The Morgan fingerprint density at radius 2 is 1.90 bits per heavy atom. The minimum absolute atomic E-state index is 0.124. The van der Waals surface area contributed by atoms with Crippen LogP contribution in [-0.4, -0.2) is 29.9 Å². The number of anilines is 2. The number of nitrogens with one attached hydrogen (secondary N) is 1. The van der Waals surface area contributed by atoms with Crippen molar-refractivity contribution in [2.75, 3.05) is 24.1 Å². The molecule has 1 atom stereocenters. The summed E-state index contributed by atoms with van der Waals surface area (Å²) in [6.07, 6.45) is 2.16. The van der Waals surface area contributed by atoms with Gasteiger partial charge in [0.05, 0.1) is 21.8 Å². The Balaban J connectivity index is 2.80. The third kappa shape index (κ3) is 5.06. The average molecular weight is 332 g/mol. The second-order valence-electron chi connectivity index (χ2n) is 5.01. The molecule has 1 aromatic rings. The molecule has 1 unspecified atom stereocenters. The van der Waals surface area contributed by atoms with E-state index in [1.807, 2.05) is 13.8 Å². The first-order valence-corrected chi connectivity index (χ1v) is 7.95. The van der Waals surface area contributed by atoms with Gasteiger partial charge in [-0.2, -0.15) is 0 Å². The predicted molar refractivity (Wildman–Crippen MR) is 91.1 cm³/mol. The van der Waals surface area contributed by atoms with Gasteiger partial charge in [-0.15, -0.1) is 0 Å². The first-order chi connectivity index (χ1) is 9.90. The van der Waals surface area contributed by atoms with E-state index in [1.54, 1.807) is 12.1 Å². The van der Waals surface area contributed by atoms with Crippen LogP contribution in [0.1, 0.15) is 33.6 Å². The van der Waals surface area contributed by atoms with Crippen LogP contribution in [0, 0.1) is 0 Å². The maximum Gasteiger partial charge on any atom is 0.241 e. The Hall–Kier alpha value is -0.970. The van der Waals surface area contributed by atoms with E-state index in [4.69, 9.17) is 28.9 Å². The molecule has 0 bridgehead atoms. The Kier molecular flexibility index (Phi) is 7.29. The van der Waals surface area contributed by atoms with Gasteiger partial charge in [-0.1, -0.05) is 43.5 Å². The number of likely N-dealkylation sites (N-methyl/N-ethyl adjacent to an activating group) is 1.